The maximum Gasteiger partial charge on any atom is 0.0261 e. The summed E-state index contributed by atoms with van der Waals surface area (Å²) in [4.78, 5) is 2.63. The van der Waals surface area contributed by atoms with E-state index in [0.29, 0.717) is 6.04 Å². The Hall–Kier alpha value is -0.860. The van der Waals surface area contributed by atoms with Crippen LogP contribution in [0, 0.1) is 0 Å². The van der Waals surface area contributed by atoms with Crippen LogP contribution in [-0.2, 0) is 6.42 Å². The fraction of sp³-hybridized carbons (Fsp3) is 0.600. The van der Waals surface area contributed by atoms with Gasteiger partial charge in [0.1, 0.15) is 0 Å². The second-order valence-electron chi connectivity index (χ2n) is 5.05. The van der Waals surface area contributed by atoms with Crippen molar-refractivity contribution in [3.05, 3.63) is 35.9 Å². The number of rotatable bonds is 7. The van der Waals surface area contributed by atoms with E-state index in [1.807, 2.05) is 0 Å². The SMILES string of the molecule is CCCN(C1CC1)C(CN)Cc1ccccc1. The second-order valence-corrected chi connectivity index (χ2v) is 5.05. The van der Waals surface area contributed by atoms with Gasteiger partial charge >= 0.3 is 0 Å². The van der Waals surface area contributed by atoms with Crippen molar-refractivity contribution in [2.45, 2.75) is 44.7 Å². The molecule has 1 saturated carbocycles. The van der Waals surface area contributed by atoms with Gasteiger partial charge < -0.3 is 5.73 Å². The summed E-state index contributed by atoms with van der Waals surface area (Å²) in [6.07, 6.45) is 5.05. The van der Waals surface area contributed by atoms with Crippen LogP contribution in [0.25, 0.3) is 0 Å². The minimum Gasteiger partial charge on any atom is -0.329 e. The van der Waals surface area contributed by atoms with Gasteiger partial charge in [0.15, 0.2) is 0 Å². The van der Waals surface area contributed by atoms with E-state index in [1.165, 1.54) is 31.4 Å². The molecule has 2 heteroatoms. The number of nitrogens with two attached hydrogens (primary N) is 1. The van der Waals surface area contributed by atoms with E-state index in [9.17, 15) is 0 Å². The topological polar surface area (TPSA) is 29.3 Å². The molecule has 0 spiro atoms. The van der Waals surface area contributed by atoms with Crippen molar-refractivity contribution in [2.24, 2.45) is 5.73 Å². The van der Waals surface area contributed by atoms with Crippen LogP contribution in [0.5, 0.6) is 0 Å². The van der Waals surface area contributed by atoms with E-state index in [-0.39, 0.29) is 0 Å². The largest absolute Gasteiger partial charge is 0.329 e. The second kappa shape index (κ2) is 6.18. The molecule has 0 heterocycles. The molecule has 1 unspecified atom stereocenters. The van der Waals surface area contributed by atoms with E-state index in [2.05, 4.69) is 42.2 Å². The van der Waals surface area contributed by atoms with Crippen molar-refractivity contribution < 1.29 is 0 Å². The molecular weight excluding hydrogens is 208 g/mol. The molecule has 1 atom stereocenters. The molecule has 17 heavy (non-hydrogen) atoms. The molecule has 2 rings (SSSR count). The minimum absolute atomic E-state index is 0.518. The molecule has 1 aliphatic rings. The molecule has 0 aromatic heterocycles. The third-order valence-electron chi connectivity index (χ3n) is 3.55. The van der Waals surface area contributed by atoms with Crippen molar-refractivity contribution in [1.82, 2.24) is 4.90 Å². The lowest BCUT2D eigenvalue weighted by Crippen LogP contribution is -2.44. The van der Waals surface area contributed by atoms with E-state index < -0.39 is 0 Å². The quantitative estimate of drug-likeness (QED) is 0.782. The lowest BCUT2D eigenvalue weighted by Gasteiger charge is -2.30. The number of hydrogen-bond acceptors (Lipinski definition) is 2. The van der Waals surface area contributed by atoms with Crippen LogP contribution in [0.3, 0.4) is 0 Å². The summed E-state index contributed by atoms with van der Waals surface area (Å²) in [6, 6.07) is 12.1. The average Bonchev–Trinajstić information content (AvgIpc) is 3.19. The fourth-order valence-corrected chi connectivity index (χ4v) is 2.55. The van der Waals surface area contributed by atoms with Crippen LogP contribution in [0.1, 0.15) is 31.7 Å². The smallest absolute Gasteiger partial charge is 0.0261 e. The molecule has 2 N–H and O–H groups in total. The Morgan fingerprint density at radius 3 is 2.53 bits per heavy atom. The average molecular weight is 232 g/mol. The van der Waals surface area contributed by atoms with Crippen LogP contribution in [-0.4, -0.2) is 30.1 Å². The van der Waals surface area contributed by atoms with Gasteiger partial charge in [-0.05, 0) is 37.8 Å². The first kappa shape index (κ1) is 12.6. The predicted molar refractivity (Wildman–Crippen MR) is 73.0 cm³/mol. The monoisotopic (exact) mass is 232 g/mol. The Morgan fingerprint density at radius 1 is 1.29 bits per heavy atom. The Morgan fingerprint density at radius 2 is 2.00 bits per heavy atom. The molecule has 0 amide bonds. The highest BCUT2D eigenvalue weighted by Crippen LogP contribution is 2.29. The van der Waals surface area contributed by atoms with Gasteiger partial charge in [-0.3, -0.25) is 4.90 Å². The van der Waals surface area contributed by atoms with Crippen molar-refractivity contribution in [1.29, 1.82) is 0 Å². The third kappa shape index (κ3) is 3.55. The van der Waals surface area contributed by atoms with Gasteiger partial charge in [-0.25, -0.2) is 0 Å². The summed E-state index contributed by atoms with van der Waals surface area (Å²) in [7, 11) is 0. The molecule has 1 aromatic rings. The predicted octanol–water partition coefficient (Wildman–Crippen LogP) is 2.43. The molecule has 0 saturated heterocycles. The molecular formula is C15H24N2. The van der Waals surface area contributed by atoms with Crippen LogP contribution in [0.4, 0.5) is 0 Å². The maximum absolute atomic E-state index is 5.98. The van der Waals surface area contributed by atoms with Crippen molar-refractivity contribution in [2.75, 3.05) is 13.1 Å². The van der Waals surface area contributed by atoms with Gasteiger partial charge in [0.05, 0.1) is 0 Å². The standard InChI is InChI=1S/C15H24N2/c1-2-10-17(14-8-9-14)15(12-16)11-13-6-4-3-5-7-13/h3-7,14-15H,2,8-12,16H2,1H3. The normalized spacial score (nSPS) is 17.4. The molecule has 0 aliphatic heterocycles. The first-order valence-electron chi connectivity index (χ1n) is 6.85. The van der Waals surface area contributed by atoms with Gasteiger partial charge in [-0.1, -0.05) is 37.3 Å². The van der Waals surface area contributed by atoms with E-state index >= 15 is 0 Å². The molecule has 0 bridgehead atoms. The van der Waals surface area contributed by atoms with Crippen LogP contribution < -0.4 is 5.73 Å². The van der Waals surface area contributed by atoms with Crippen molar-refractivity contribution >= 4 is 0 Å². The molecule has 94 valence electrons. The number of hydrogen-bond donors (Lipinski definition) is 1. The summed E-state index contributed by atoms with van der Waals surface area (Å²) >= 11 is 0. The number of nitrogens with zero attached hydrogens (tertiary/aromatic N) is 1. The molecule has 1 aromatic carbocycles. The van der Waals surface area contributed by atoms with Gasteiger partial charge in [0.2, 0.25) is 0 Å². The van der Waals surface area contributed by atoms with Gasteiger partial charge in [-0.15, -0.1) is 0 Å². The minimum atomic E-state index is 0.518. The summed E-state index contributed by atoms with van der Waals surface area (Å²) in [5.41, 5.74) is 7.38. The van der Waals surface area contributed by atoms with Crippen LogP contribution in [0.2, 0.25) is 0 Å². The van der Waals surface area contributed by atoms with Gasteiger partial charge in [0.25, 0.3) is 0 Å². The first-order chi connectivity index (χ1) is 8.35. The van der Waals surface area contributed by atoms with E-state index in [4.69, 9.17) is 5.73 Å². The zero-order valence-electron chi connectivity index (χ0n) is 10.8. The molecule has 1 aliphatic carbocycles. The Kier molecular flexibility index (Phi) is 4.57. The van der Waals surface area contributed by atoms with Gasteiger partial charge in [0, 0.05) is 18.6 Å². The van der Waals surface area contributed by atoms with Crippen LogP contribution in [0.15, 0.2) is 30.3 Å². The van der Waals surface area contributed by atoms with Crippen molar-refractivity contribution in [3.8, 4) is 0 Å². The molecule has 1 fully saturated rings. The maximum atomic E-state index is 5.98. The highest BCUT2D eigenvalue weighted by Gasteiger charge is 2.32. The zero-order chi connectivity index (χ0) is 12.1. The van der Waals surface area contributed by atoms with E-state index in [0.717, 1.165) is 19.0 Å². The Balaban J connectivity index is 1.99. The third-order valence-corrected chi connectivity index (χ3v) is 3.55. The zero-order valence-corrected chi connectivity index (χ0v) is 10.8. The van der Waals surface area contributed by atoms with Crippen LogP contribution >= 0.6 is 0 Å². The molecule has 0 radical (unpaired) electrons. The molecule has 2 nitrogen and oxygen atoms in total. The highest BCUT2D eigenvalue weighted by atomic mass is 15.2. The fourth-order valence-electron chi connectivity index (χ4n) is 2.55. The van der Waals surface area contributed by atoms with Gasteiger partial charge in [-0.2, -0.15) is 0 Å². The highest BCUT2D eigenvalue weighted by molar-refractivity contribution is 5.16. The summed E-state index contributed by atoms with van der Waals surface area (Å²) in [5.74, 6) is 0. The summed E-state index contributed by atoms with van der Waals surface area (Å²) in [5, 5.41) is 0. The summed E-state index contributed by atoms with van der Waals surface area (Å²) in [6.45, 7) is 4.22. The lowest BCUT2D eigenvalue weighted by atomic mass is 10.0. The number of benzene rings is 1. The Bertz CT molecular complexity index is 319. The Labute approximate surface area is 105 Å². The first-order valence-corrected chi connectivity index (χ1v) is 6.85. The lowest BCUT2D eigenvalue weighted by molar-refractivity contribution is 0.189. The van der Waals surface area contributed by atoms with Crippen molar-refractivity contribution in [3.63, 3.8) is 0 Å². The van der Waals surface area contributed by atoms with E-state index in [1.54, 1.807) is 0 Å². The summed E-state index contributed by atoms with van der Waals surface area (Å²) < 4.78 is 0.